The summed E-state index contributed by atoms with van der Waals surface area (Å²) in [5.74, 6) is 1.96. The van der Waals surface area contributed by atoms with Crippen molar-refractivity contribution in [2.45, 2.75) is 46.1 Å². The molecule has 1 saturated heterocycles. The molecule has 6 heteroatoms. The molecule has 1 radical (unpaired) electrons. The second kappa shape index (κ2) is 8.56. The van der Waals surface area contributed by atoms with Crippen molar-refractivity contribution in [3.63, 3.8) is 0 Å². The van der Waals surface area contributed by atoms with Gasteiger partial charge in [-0.15, -0.1) is 0 Å². The first kappa shape index (κ1) is 20.5. The highest BCUT2D eigenvalue weighted by molar-refractivity contribution is 6.00. The maximum Gasteiger partial charge on any atom is 0.244 e. The number of nitrogens with zero attached hydrogens (tertiary/aromatic N) is 3. The van der Waals surface area contributed by atoms with Crippen molar-refractivity contribution < 1.29 is 9.59 Å². The fourth-order valence-electron chi connectivity index (χ4n) is 4.66. The summed E-state index contributed by atoms with van der Waals surface area (Å²) in [6, 6.07) is 9.95. The van der Waals surface area contributed by atoms with Gasteiger partial charge in [-0.3, -0.25) is 14.5 Å². The van der Waals surface area contributed by atoms with Crippen LogP contribution in [0.15, 0.2) is 36.5 Å². The zero-order valence-corrected chi connectivity index (χ0v) is 17.9. The van der Waals surface area contributed by atoms with Crippen LogP contribution in [0.2, 0.25) is 0 Å². The van der Waals surface area contributed by atoms with Crippen molar-refractivity contribution in [3.05, 3.63) is 48.0 Å². The first-order valence-corrected chi connectivity index (χ1v) is 10.6. The minimum absolute atomic E-state index is 0.0261. The van der Waals surface area contributed by atoms with Gasteiger partial charge in [-0.05, 0) is 66.6 Å². The van der Waals surface area contributed by atoms with Crippen molar-refractivity contribution in [3.8, 4) is 11.1 Å². The number of fused-ring (bicyclic) bond motifs is 1. The molecule has 1 aromatic heterocycles. The molecule has 0 bridgehead atoms. The number of carbonyl (C=O) groups excluding carboxylic acids is 2. The van der Waals surface area contributed by atoms with E-state index in [0.29, 0.717) is 12.4 Å². The van der Waals surface area contributed by atoms with Crippen LogP contribution >= 0.6 is 0 Å². The van der Waals surface area contributed by atoms with Crippen LogP contribution in [0, 0.1) is 5.92 Å². The molecule has 1 atom stereocenters. The Morgan fingerprint density at radius 2 is 2.00 bits per heavy atom. The van der Waals surface area contributed by atoms with Crippen LogP contribution in [0.25, 0.3) is 11.1 Å². The Kier molecular flexibility index (Phi) is 5.86. The summed E-state index contributed by atoms with van der Waals surface area (Å²) in [6.07, 6.45) is 4.55. The molecule has 2 aliphatic rings. The van der Waals surface area contributed by atoms with Crippen molar-refractivity contribution in [1.29, 1.82) is 0 Å². The van der Waals surface area contributed by atoms with Gasteiger partial charge in [0.25, 0.3) is 0 Å². The number of benzene rings is 1. The second-order valence-corrected chi connectivity index (χ2v) is 8.49. The van der Waals surface area contributed by atoms with Gasteiger partial charge < -0.3 is 10.2 Å². The summed E-state index contributed by atoms with van der Waals surface area (Å²) >= 11 is 0. The normalized spacial score (nSPS) is 18.7. The lowest BCUT2D eigenvalue weighted by Gasteiger charge is -2.29. The predicted molar refractivity (Wildman–Crippen MR) is 119 cm³/mol. The predicted octanol–water partition coefficient (Wildman–Crippen LogP) is 3.67. The van der Waals surface area contributed by atoms with Gasteiger partial charge >= 0.3 is 0 Å². The number of pyridine rings is 1. The number of anilines is 2. The third kappa shape index (κ3) is 4.10. The standard InChI is InChI=1S/C24H29N4O2/c1-16(2)15-27-12-5-8-22(27)24(30)28-13-10-20-19(6-4-7-21(20)28)18-9-11-25-23(14-18)26-17(3)29/h4,6-7,9,11,14,22H,5,8,10,12-13,15H2,1-3H3,(H,25,26,29)/t22-/m0/s1. The molecule has 0 aliphatic carbocycles. The molecular weight excluding hydrogens is 376 g/mol. The van der Waals surface area contributed by atoms with Gasteiger partial charge in [0.1, 0.15) is 5.82 Å². The lowest BCUT2D eigenvalue weighted by atomic mass is 9.98. The zero-order valence-electron chi connectivity index (χ0n) is 17.9. The summed E-state index contributed by atoms with van der Waals surface area (Å²) < 4.78 is 0. The number of aromatic nitrogens is 1. The Bertz CT molecular complexity index is 956. The Morgan fingerprint density at radius 1 is 1.17 bits per heavy atom. The molecule has 2 aromatic rings. The van der Waals surface area contributed by atoms with Crippen LogP contribution in [0.5, 0.6) is 0 Å². The van der Waals surface area contributed by atoms with Gasteiger partial charge in [0, 0.05) is 31.9 Å². The van der Waals surface area contributed by atoms with Crippen LogP contribution in [-0.2, 0) is 16.0 Å². The summed E-state index contributed by atoms with van der Waals surface area (Å²) in [7, 11) is 0. The molecule has 0 saturated carbocycles. The number of hydrogen-bond acceptors (Lipinski definition) is 4. The van der Waals surface area contributed by atoms with Gasteiger partial charge in [0.15, 0.2) is 0 Å². The SMILES string of the molecule is C[C](C)CN1CCC[C@H]1C(=O)N1CCc2c(-c3ccnc(NC(C)=O)c3)cccc21. The Labute approximate surface area is 178 Å². The largest absolute Gasteiger partial charge is 0.311 e. The Balaban J connectivity index is 1.61. The molecule has 30 heavy (non-hydrogen) atoms. The van der Waals surface area contributed by atoms with Gasteiger partial charge in [-0.25, -0.2) is 4.98 Å². The number of likely N-dealkylation sites (tertiary alicyclic amines) is 1. The molecular formula is C24H29N4O2. The first-order chi connectivity index (χ1) is 14.4. The topological polar surface area (TPSA) is 65.5 Å². The third-order valence-corrected chi connectivity index (χ3v) is 5.84. The highest BCUT2D eigenvalue weighted by atomic mass is 16.2. The number of rotatable bonds is 5. The average molecular weight is 406 g/mol. The van der Waals surface area contributed by atoms with E-state index in [1.807, 2.05) is 23.1 Å². The van der Waals surface area contributed by atoms with Crippen LogP contribution in [-0.4, -0.2) is 47.4 Å². The number of nitrogens with one attached hydrogen (secondary N) is 1. The van der Waals surface area contributed by atoms with Gasteiger partial charge in [-0.2, -0.15) is 0 Å². The highest BCUT2D eigenvalue weighted by Gasteiger charge is 2.37. The molecule has 2 amide bonds. The van der Waals surface area contributed by atoms with E-state index in [0.717, 1.165) is 49.2 Å². The molecule has 2 aliphatic heterocycles. The Morgan fingerprint density at radius 3 is 2.77 bits per heavy atom. The summed E-state index contributed by atoms with van der Waals surface area (Å²) in [4.78, 5) is 33.3. The van der Waals surface area contributed by atoms with Gasteiger partial charge in [0.05, 0.1) is 6.04 Å². The molecule has 0 unspecified atom stereocenters. The maximum atomic E-state index is 13.4. The van der Waals surface area contributed by atoms with E-state index in [-0.39, 0.29) is 17.9 Å². The summed E-state index contributed by atoms with van der Waals surface area (Å²) in [5, 5.41) is 2.75. The lowest BCUT2D eigenvalue weighted by molar-refractivity contribution is -0.122. The van der Waals surface area contributed by atoms with Gasteiger partial charge in [-0.1, -0.05) is 26.0 Å². The second-order valence-electron chi connectivity index (χ2n) is 8.49. The van der Waals surface area contributed by atoms with Crippen LogP contribution < -0.4 is 10.2 Å². The highest BCUT2D eigenvalue weighted by Crippen LogP contribution is 2.37. The van der Waals surface area contributed by atoms with Gasteiger partial charge in [0.2, 0.25) is 11.8 Å². The molecule has 3 heterocycles. The molecule has 157 valence electrons. The molecule has 1 aromatic carbocycles. The smallest absolute Gasteiger partial charge is 0.244 e. The lowest BCUT2D eigenvalue weighted by Crippen LogP contribution is -2.46. The van der Waals surface area contributed by atoms with Crippen LogP contribution in [0.3, 0.4) is 0 Å². The molecule has 6 nitrogen and oxygen atoms in total. The van der Waals surface area contributed by atoms with Crippen molar-refractivity contribution in [2.75, 3.05) is 29.9 Å². The van der Waals surface area contributed by atoms with Crippen LogP contribution in [0.1, 0.15) is 39.2 Å². The maximum absolute atomic E-state index is 13.4. The fourth-order valence-corrected chi connectivity index (χ4v) is 4.66. The number of amides is 2. The van der Waals surface area contributed by atoms with E-state index in [1.54, 1.807) is 6.20 Å². The number of carbonyl (C=O) groups is 2. The fraction of sp³-hybridized carbons (Fsp3) is 0.417. The first-order valence-electron chi connectivity index (χ1n) is 10.6. The summed E-state index contributed by atoms with van der Waals surface area (Å²) in [6.45, 7) is 8.32. The van der Waals surface area contributed by atoms with Crippen molar-refractivity contribution in [1.82, 2.24) is 9.88 Å². The minimum Gasteiger partial charge on any atom is -0.311 e. The van der Waals surface area contributed by atoms with E-state index >= 15 is 0 Å². The van der Waals surface area contributed by atoms with E-state index in [1.165, 1.54) is 18.4 Å². The van der Waals surface area contributed by atoms with E-state index < -0.39 is 0 Å². The molecule has 1 fully saturated rings. The van der Waals surface area contributed by atoms with Crippen molar-refractivity contribution in [2.24, 2.45) is 0 Å². The van der Waals surface area contributed by atoms with E-state index in [2.05, 4.69) is 41.2 Å². The van der Waals surface area contributed by atoms with Crippen LogP contribution in [0.4, 0.5) is 11.5 Å². The van der Waals surface area contributed by atoms with E-state index in [9.17, 15) is 9.59 Å². The van der Waals surface area contributed by atoms with Crippen molar-refractivity contribution >= 4 is 23.3 Å². The van der Waals surface area contributed by atoms with E-state index in [4.69, 9.17) is 0 Å². The molecule has 4 rings (SSSR count). The molecule has 0 spiro atoms. The monoisotopic (exact) mass is 405 g/mol. The third-order valence-electron chi connectivity index (χ3n) is 5.84. The molecule has 1 N–H and O–H groups in total. The summed E-state index contributed by atoms with van der Waals surface area (Å²) in [5.41, 5.74) is 4.30. The zero-order chi connectivity index (χ0) is 21.3. The minimum atomic E-state index is -0.143. The average Bonchev–Trinajstić information content (AvgIpc) is 3.33. The Hall–Kier alpha value is -2.73. The number of hydrogen-bond donors (Lipinski definition) is 1. The quantitative estimate of drug-likeness (QED) is 0.824.